The van der Waals surface area contributed by atoms with Gasteiger partial charge in [0.25, 0.3) is 0 Å². The highest BCUT2D eigenvalue weighted by Crippen LogP contribution is 2.35. The molecule has 2 rings (SSSR count). The second kappa shape index (κ2) is 4.09. The Balaban J connectivity index is 2.32. The van der Waals surface area contributed by atoms with Crippen molar-refractivity contribution in [2.75, 3.05) is 4.43 Å². The zero-order valence-corrected chi connectivity index (χ0v) is 10.2. The highest BCUT2D eigenvalue weighted by Gasteiger charge is 2.48. The first-order chi connectivity index (χ1) is 7.16. The van der Waals surface area contributed by atoms with Crippen LogP contribution in [0.3, 0.4) is 0 Å². The Hall–Kier alpha value is -0.620. The van der Waals surface area contributed by atoms with Gasteiger partial charge in [-0.15, -0.1) is 0 Å². The molecule has 0 amide bonds. The van der Waals surface area contributed by atoms with Crippen LogP contribution < -0.4 is 0 Å². The number of benzene rings is 1. The molecule has 0 radical (unpaired) electrons. The third-order valence-corrected chi connectivity index (χ3v) is 3.54. The van der Waals surface area contributed by atoms with Gasteiger partial charge < -0.3 is 9.84 Å². The molecule has 0 saturated carbocycles. The fourth-order valence-corrected chi connectivity index (χ4v) is 2.23. The van der Waals surface area contributed by atoms with Crippen molar-refractivity contribution in [2.24, 2.45) is 0 Å². The van der Waals surface area contributed by atoms with Gasteiger partial charge in [0.15, 0.2) is 5.60 Å². The van der Waals surface area contributed by atoms with E-state index in [0.29, 0.717) is 16.4 Å². The van der Waals surface area contributed by atoms with Crippen molar-refractivity contribution in [3.63, 3.8) is 0 Å². The average molecular weight is 318 g/mol. The molecule has 1 fully saturated rings. The Kier molecular flexibility index (Phi) is 2.97. The standard InChI is InChI=1S/C11H11IO3/c12-7-9-6-11(14,10(13)15-9)8-4-2-1-3-5-8/h1-5,9,14H,6-7H2. The Morgan fingerprint density at radius 3 is 2.67 bits per heavy atom. The summed E-state index contributed by atoms with van der Waals surface area (Å²) in [6.07, 6.45) is 0.169. The Labute approximate surface area is 102 Å². The molecule has 0 bridgehead atoms. The second-order valence-corrected chi connectivity index (χ2v) is 4.49. The number of aliphatic hydroxyl groups is 1. The number of hydrogen-bond acceptors (Lipinski definition) is 3. The van der Waals surface area contributed by atoms with Crippen molar-refractivity contribution < 1.29 is 14.6 Å². The van der Waals surface area contributed by atoms with Crippen molar-refractivity contribution in [2.45, 2.75) is 18.1 Å². The van der Waals surface area contributed by atoms with E-state index in [-0.39, 0.29) is 6.10 Å². The van der Waals surface area contributed by atoms with E-state index in [1.54, 1.807) is 24.3 Å². The van der Waals surface area contributed by atoms with Crippen LogP contribution in [-0.2, 0) is 15.1 Å². The summed E-state index contributed by atoms with van der Waals surface area (Å²) >= 11 is 2.15. The number of halogens is 1. The molecule has 1 aliphatic heterocycles. The lowest BCUT2D eigenvalue weighted by Gasteiger charge is -2.17. The van der Waals surface area contributed by atoms with Gasteiger partial charge >= 0.3 is 5.97 Å². The van der Waals surface area contributed by atoms with E-state index < -0.39 is 11.6 Å². The van der Waals surface area contributed by atoms with Crippen LogP contribution in [0.15, 0.2) is 30.3 Å². The van der Waals surface area contributed by atoms with E-state index in [4.69, 9.17) is 4.74 Å². The van der Waals surface area contributed by atoms with Crippen molar-refractivity contribution in [3.05, 3.63) is 35.9 Å². The first-order valence-electron chi connectivity index (χ1n) is 4.72. The van der Waals surface area contributed by atoms with E-state index in [1.165, 1.54) is 0 Å². The Morgan fingerprint density at radius 1 is 1.47 bits per heavy atom. The molecule has 80 valence electrons. The predicted molar refractivity (Wildman–Crippen MR) is 63.7 cm³/mol. The van der Waals surface area contributed by atoms with Crippen LogP contribution in [0.5, 0.6) is 0 Å². The molecule has 1 heterocycles. The molecule has 2 atom stereocenters. The molecule has 15 heavy (non-hydrogen) atoms. The summed E-state index contributed by atoms with van der Waals surface area (Å²) in [6, 6.07) is 8.95. The molecule has 2 unspecified atom stereocenters. The molecule has 4 heteroatoms. The topological polar surface area (TPSA) is 46.5 Å². The molecule has 1 aromatic rings. The smallest absolute Gasteiger partial charge is 0.343 e. The van der Waals surface area contributed by atoms with E-state index in [9.17, 15) is 9.90 Å². The number of ether oxygens (including phenoxy) is 1. The second-order valence-electron chi connectivity index (χ2n) is 3.61. The van der Waals surface area contributed by atoms with Gasteiger partial charge in [0, 0.05) is 10.8 Å². The molecule has 1 N–H and O–H groups in total. The molecule has 1 saturated heterocycles. The van der Waals surface area contributed by atoms with Crippen molar-refractivity contribution in [1.82, 2.24) is 0 Å². The van der Waals surface area contributed by atoms with Crippen molar-refractivity contribution in [1.29, 1.82) is 0 Å². The summed E-state index contributed by atoms with van der Waals surface area (Å²) in [5, 5.41) is 10.3. The third kappa shape index (κ3) is 1.88. The van der Waals surface area contributed by atoms with Crippen LogP contribution in [0.25, 0.3) is 0 Å². The number of rotatable bonds is 2. The van der Waals surface area contributed by atoms with Gasteiger partial charge in [0.2, 0.25) is 0 Å². The van der Waals surface area contributed by atoms with Crippen LogP contribution in [0.1, 0.15) is 12.0 Å². The van der Waals surface area contributed by atoms with Crippen molar-refractivity contribution >= 4 is 28.6 Å². The Morgan fingerprint density at radius 2 is 2.13 bits per heavy atom. The van der Waals surface area contributed by atoms with Crippen molar-refractivity contribution in [3.8, 4) is 0 Å². The summed E-state index contributed by atoms with van der Waals surface area (Å²) in [7, 11) is 0. The first kappa shape index (κ1) is 10.9. The molecule has 1 aliphatic rings. The number of hydrogen-bond donors (Lipinski definition) is 1. The number of carbonyl (C=O) groups excluding carboxylic acids is 1. The number of esters is 1. The Bertz CT molecular complexity index is 365. The van der Waals surface area contributed by atoms with Gasteiger partial charge in [-0.3, -0.25) is 0 Å². The zero-order chi connectivity index (χ0) is 10.9. The van der Waals surface area contributed by atoms with Gasteiger partial charge in [-0.2, -0.15) is 0 Å². The highest BCUT2D eigenvalue weighted by molar-refractivity contribution is 14.1. The minimum absolute atomic E-state index is 0.177. The number of alkyl halides is 1. The highest BCUT2D eigenvalue weighted by atomic mass is 127. The summed E-state index contributed by atoms with van der Waals surface area (Å²) < 4.78 is 5.79. The van der Waals surface area contributed by atoms with Gasteiger partial charge in [0.1, 0.15) is 6.10 Å². The third-order valence-electron chi connectivity index (χ3n) is 2.56. The maximum Gasteiger partial charge on any atom is 0.343 e. The lowest BCUT2D eigenvalue weighted by molar-refractivity contribution is -0.155. The van der Waals surface area contributed by atoms with Gasteiger partial charge in [0.05, 0.1) is 0 Å². The minimum Gasteiger partial charge on any atom is -0.459 e. The van der Waals surface area contributed by atoms with Crippen LogP contribution in [0.4, 0.5) is 0 Å². The summed E-state index contributed by atoms with van der Waals surface area (Å²) in [5.74, 6) is -0.532. The van der Waals surface area contributed by atoms with Crippen LogP contribution in [-0.4, -0.2) is 21.6 Å². The number of cyclic esters (lactones) is 1. The van der Waals surface area contributed by atoms with Crippen LogP contribution in [0, 0.1) is 0 Å². The summed E-state index contributed by atoms with van der Waals surface area (Å²) in [4.78, 5) is 11.6. The minimum atomic E-state index is -1.45. The lowest BCUT2D eigenvalue weighted by atomic mass is 9.91. The molecule has 0 spiro atoms. The van der Waals surface area contributed by atoms with Crippen LogP contribution >= 0.6 is 22.6 Å². The summed E-state index contributed by atoms with van der Waals surface area (Å²) in [6.45, 7) is 0. The van der Waals surface area contributed by atoms with Gasteiger partial charge in [-0.25, -0.2) is 4.79 Å². The maximum absolute atomic E-state index is 11.6. The largest absolute Gasteiger partial charge is 0.459 e. The average Bonchev–Trinajstić information content (AvgIpc) is 2.57. The van der Waals surface area contributed by atoms with E-state index in [0.717, 1.165) is 0 Å². The lowest BCUT2D eigenvalue weighted by Crippen LogP contribution is -2.30. The molecule has 0 aromatic heterocycles. The number of carbonyl (C=O) groups is 1. The van der Waals surface area contributed by atoms with Crippen LogP contribution in [0.2, 0.25) is 0 Å². The molecule has 1 aromatic carbocycles. The maximum atomic E-state index is 11.6. The molecular formula is C11H11IO3. The fraction of sp³-hybridized carbons (Fsp3) is 0.364. The molecule has 0 aliphatic carbocycles. The zero-order valence-electron chi connectivity index (χ0n) is 8.02. The SMILES string of the molecule is O=C1OC(CI)CC1(O)c1ccccc1. The summed E-state index contributed by atoms with van der Waals surface area (Å²) in [5.41, 5.74) is -0.834. The monoisotopic (exact) mass is 318 g/mol. The quantitative estimate of drug-likeness (QED) is 0.512. The fourth-order valence-electron chi connectivity index (χ4n) is 1.74. The first-order valence-corrected chi connectivity index (χ1v) is 6.24. The van der Waals surface area contributed by atoms with E-state index >= 15 is 0 Å². The predicted octanol–water partition coefficient (Wildman–Crippen LogP) is 1.62. The van der Waals surface area contributed by atoms with E-state index in [1.807, 2.05) is 6.07 Å². The van der Waals surface area contributed by atoms with Gasteiger partial charge in [-0.05, 0) is 5.56 Å². The van der Waals surface area contributed by atoms with E-state index in [2.05, 4.69) is 22.6 Å². The van der Waals surface area contributed by atoms with Gasteiger partial charge in [-0.1, -0.05) is 52.9 Å². The normalized spacial score (nSPS) is 30.3. The molecular weight excluding hydrogens is 307 g/mol. The molecule has 3 nitrogen and oxygen atoms in total.